The number of benzene rings is 1. The van der Waals surface area contributed by atoms with Crippen LogP contribution in [0.5, 0.6) is 0 Å². The number of aromatic nitrogens is 2. The number of hydrogen-bond donors (Lipinski definition) is 1. The second kappa shape index (κ2) is 8.35. The molecule has 1 N–H and O–H groups in total. The lowest BCUT2D eigenvalue weighted by atomic mass is 10.0. The van der Waals surface area contributed by atoms with E-state index in [4.69, 9.17) is 34.8 Å². The van der Waals surface area contributed by atoms with E-state index in [1.807, 2.05) is 6.92 Å². The SMILES string of the molecule is CCn1c(Cc2cc(Cl)ccn2)cc(=O)c(C(=O)O)c1-c1ccc(Cl)c(Cl)c1. The lowest BCUT2D eigenvalue weighted by molar-refractivity contribution is 0.0695. The van der Waals surface area contributed by atoms with Crippen molar-refractivity contribution in [3.8, 4) is 11.3 Å². The molecule has 0 aliphatic carbocycles. The quantitative estimate of drug-likeness (QED) is 0.597. The number of carboxylic acid groups (broad SMARTS) is 1. The Bertz CT molecular complexity index is 1130. The largest absolute Gasteiger partial charge is 0.477 e. The van der Waals surface area contributed by atoms with Crippen LogP contribution < -0.4 is 5.43 Å². The highest BCUT2D eigenvalue weighted by Crippen LogP contribution is 2.31. The van der Waals surface area contributed by atoms with Gasteiger partial charge in [-0.15, -0.1) is 0 Å². The fraction of sp³-hybridized carbons (Fsp3) is 0.150. The first kappa shape index (κ1) is 20.4. The van der Waals surface area contributed by atoms with Crippen LogP contribution in [-0.2, 0) is 13.0 Å². The molecule has 3 rings (SSSR count). The first-order valence-corrected chi connectivity index (χ1v) is 9.51. The molecule has 144 valence electrons. The number of halogens is 3. The summed E-state index contributed by atoms with van der Waals surface area (Å²) in [7, 11) is 0. The number of hydrogen-bond acceptors (Lipinski definition) is 3. The third-order valence-corrected chi connectivity index (χ3v) is 5.24. The Kier molecular flexibility index (Phi) is 6.08. The molecule has 0 saturated heterocycles. The zero-order valence-electron chi connectivity index (χ0n) is 14.7. The molecule has 28 heavy (non-hydrogen) atoms. The maximum absolute atomic E-state index is 12.7. The van der Waals surface area contributed by atoms with Gasteiger partial charge in [-0.3, -0.25) is 9.78 Å². The smallest absolute Gasteiger partial charge is 0.341 e. The molecule has 0 unspecified atom stereocenters. The minimum absolute atomic E-state index is 0.271. The van der Waals surface area contributed by atoms with Crippen molar-refractivity contribution in [1.82, 2.24) is 9.55 Å². The summed E-state index contributed by atoms with van der Waals surface area (Å²) in [6.45, 7) is 2.30. The molecule has 0 spiro atoms. The van der Waals surface area contributed by atoms with E-state index in [1.165, 1.54) is 6.07 Å². The van der Waals surface area contributed by atoms with Crippen LogP contribution in [-0.4, -0.2) is 20.6 Å². The van der Waals surface area contributed by atoms with Gasteiger partial charge in [0.2, 0.25) is 0 Å². The molecule has 0 aliphatic heterocycles. The lowest BCUT2D eigenvalue weighted by Gasteiger charge is -2.20. The van der Waals surface area contributed by atoms with Crippen molar-refractivity contribution in [3.05, 3.63) is 84.8 Å². The van der Waals surface area contributed by atoms with E-state index in [1.54, 1.807) is 41.1 Å². The van der Waals surface area contributed by atoms with E-state index in [2.05, 4.69) is 4.98 Å². The zero-order valence-corrected chi connectivity index (χ0v) is 17.0. The average Bonchev–Trinajstić information content (AvgIpc) is 2.63. The number of aromatic carboxylic acids is 1. The summed E-state index contributed by atoms with van der Waals surface area (Å²) in [5, 5.41) is 10.8. The standard InChI is InChI=1S/C20H15Cl3N2O3/c1-2-25-14(9-13-8-12(21)5-6-24-13)10-17(26)18(20(27)28)19(25)11-3-4-15(22)16(23)7-11/h3-8,10H,2,9H2,1H3,(H,27,28). The summed E-state index contributed by atoms with van der Waals surface area (Å²) in [6, 6.07) is 9.46. The van der Waals surface area contributed by atoms with E-state index in [0.29, 0.717) is 40.0 Å². The molecule has 3 aromatic rings. The van der Waals surface area contributed by atoms with Gasteiger partial charge in [0, 0.05) is 47.2 Å². The summed E-state index contributed by atoms with van der Waals surface area (Å²) in [5.74, 6) is -1.30. The van der Waals surface area contributed by atoms with Gasteiger partial charge in [-0.2, -0.15) is 0 Å². The molecule has 0 radical (unpaired) electrons. The normalized spacial score (nSPS) is 10.9. The Morgan fingerprint density at radius 3 is 2.46 bits per heavy atom. The Morgan fingerprint density at radius 1 is 1.11 bits per heavy atom. The van der Waals surface area contributed by atoms with Gasteiger partial charge in [0.1, 0.15) is 5.56 Å². The van der Waals surface area contributed by atoms with Gasteiger partial charge in [0.05, 0.1) is 15.7 Å². The highest BCUT2D eigenvalue weighted by Gasteiger charge is 2.22. The van der Waals surface area contributed by atoms with Gasteiger partial charge in [-0.1, -0.05) is 40.9 Å². The van der Waals surface area contributed by atoms with Crippen molar-refractivity contribution in [2.75, 3.05) is 0 Å². The highest BCUT2D eigenvalue weighted by molar-refractivity contribution is 6.42. The van der Waals surface area contributed by atoms with Crippen molar-refractivity contribution in [3.63, 3.8) is 0 Å². The fourth-order valence-electron chi connectivity index (χ4n) is 3.09. The average molecular weight is 438 g/mol. The molecular weight excluding hydrogens is 423 g/mol. The van der Waals surface area contributed by atoms with Crippen LogP contribution in [0.4, 0.5) is 0 Å². The molecule has 0 bridgehead atoms. The minimum atomic E-state index is -1.30. The fourth-order valence-corrected chi connectivity index (χ4v) is 3.57. The molecule has 8 heteroatoms. The second-order valence-electron chi connectivity index (χ2n) is 6.04. The van der Waals surface area contributed by atoms with Crippen LogP contribution >= 0.6 is 34.8 Å². The molecule has 0 atom stereocenters. The highest BCUT2D eigenvalue weighted by atomic mass is 35.5. The first-order valence-electron chi connectivity index (χ1n) is 8.37. The number of carbonyl (C=O) groups is 1. The Balaban J connectivity index is 2.28. The molecular formula is C20H15Cl3N2O3. The topological polar surface area (TPSA) is 72.2 Å². The summed E-state index contributed by atoms with van der Waals surface area (Å²) >= 11 is 18.1. The molecule has 0 amide bonds. The van der Waals surface area contributed by atoms with Crippen LogP contribution in [0, 0.1) is 0 Å². The van der Waals surface area contributed by atoms with E-state index < -0.39 is 11.4 Å². The number of rotatable bonds is 5. The Hall–Kier alpha value is -2.34. The van der Waals surface area contributed by atoms with Crippen LogP contribution in [0.25, 0.3) is 11.3 Å². The summed E-state index contributed by atoms with van der Waals surface area (Å²) in [5.41, 5.74) is 1.15. The monoisotopic (exact) mass is 436 g/mol. The molecule has 1 aromatic carbocycles. The number of carboxylic acids is 1. The van der Waals surface area contributed by atoms with Crippen LogP contribution in [0.1, 0.15) is 28.7 Å². The van der Waals surface area contributed by atoms with E-state index in [-0.39, 0.29) is 16.3 Å². The Labute approximate surface area is 176 Å². The summed E-state index contributed by atoms with van der Waals surface area (Å²) < 4.78 is 1.77. The Morgan fingerprint density at radius 2 is 1.86 bits per heavy atom. The molecule has 0 saturated carbocycles. The van der Waals surface area contributed by atoms with Gasteiger partial charge in [-0.05, 0) is 31.2 Å². The zero-order chi connectivity index (χ0) is 20.4. The van der Waals surface area contributed by atoms with Crippen molar-refractivity contribution in [2.45, 2.75) is 19.9 Å². The van der Waals surface area contributed by atoms with Gasteiger partial charge in [0.15, 0.2) is 5.43 Å². The molecule has 0 fully saturated rings. The maximum Gasteiger partial charge on any atom is 0.341 e. The van der Waals surface area contributed by atoms with Crippen molar-refractivity contribution >= 4 is 40.8 Å². The molecule has 2 heterocycles. The first-order chi connectivity index (χ1) is 13.3. The van der Waals surface area contributed by atoms with Crippen LogP contribution in [0.15, 0.2) is 47.4 Å². The maximum atomic E-state index is 12.7. The van der Waals surface area contributed by atoms with Crippen LogP contribution in [0.3, 0.4) is 0 Å². The predicted octanol–water partition coefficient (Wildman–Crippen LogP) is 5.18. The third-order valence-electron chi connectivity index (χ3n) is 4.26. The van der Waals surface area contributed by atoms with Gasteiger partial charge in [-0.25, -0.2) is 4.79 Å². The number of nitrogens with zero attached hydrogens (tertiary/aromatic N) is 2. The molecule has 2 aromatic heterocycles. The molecule has 0 aliphatic rings. The van der Waals surface area contributed by atoms with E-state index in [0.717, 1.165) is 0 Å². The summed E-state index contributed by atoms with van der Waals surface area (Å²) in [6.07, 6.45) is 1.90. The van der Waals surface area contributed by atoms with Crippen molar-refractivity contribution < 1.29 is 9.90 Å². The predicted molar refractivity (Wildman–Crippen MR) is 111 cm³/mol. The van der Waals surface area contributed by atoms with Crippen molar-refractivity contribution in [2.24, 2.45) is 0 Å². The lowest BCUT2D eigenvalue weighted by Crippen LogP contribution is -2.23. The van der Waals surface area contributed by atoms with E-state index in [9.17, 15) is 14.7 Å². The summed E-state index contributed by atoms with van der Waals surface area (Å²) in [4.78, 5) is 28.8. The second-order valence-corrected chi connectivity index (χ2v) is 7.29. The van der Waals surface area contributed by atoms with Gasteiger partial charge in [0.25, 0.3) is 0 Å². The van der Waals surface area contributed by atoms with Crippen molar-refractivity contribution in [1.29, 1.82) is 0 Å². The van der Waals surface area contributed by atoms with Gasteiger partial charge < -0.3 is 9.67 Å². The number of pyridine rings is 2. The minimum Gasteiger partial charge on any atom is -0.477 e. The van der Waals surface area contributed by atoms with Crippen LogP contribution in [0.2, 0.25) is 15.1 Å². The third kappa shape index (κ3) is 4.07. The molecule has 5 nitrogen and oxygen atoms in total. The van der Waals surface area contributed by atoms with E-state index >= 15 is 0 Å². The van der Waals surface area contributed by atoms with Gasteiger partial charge >= 0.3 is 5.97 Å².